The van der Waals surface area contributed by atoms with Crippen LogP contribution >= 0.6 is 11.8 Å². The molecule has 0 bridgehead atoms. The second kappa shape index (κ2) is 5.02. The molecule has 0 atom stereocenters. The van der Waals surface area contributed by atoms with E-state index in [-0.39, 0.29) is 10.1 Å². The number of hydrogen-bond donors (Lipinski definition) is 2. The molecule has 0 saturated carbocycles. The summed E-state index contributed by atoms with van der Waals surface area (Å²) in [4.78, 5) is 24.5. The number of nitrogens with one attached hydrogen (secondary N) is 1. The van der Waals surface area contributed by atoms with Crippen LogP contribution in [0.3, 0.4) is 0 Å². The summed E-state index contributed by atoms with van der Waals surface area (Å²) in [7, 11) is 0. The van der Waals surface area contributed by atoms with E-state index in [1.165, 1.54) is 6.33 Å². The molecule has 98 valence electrons. The van der Waals surface area contributed by atoms with Gasteiger partial charge < -0.3 is 5.11 Å². The number of nitro groups is 1. The third kappa shape index (κ3) is 2.68. The molecule has 0 amide bonds. The molecule has 0 unspecified atom stereocenters. The van der Waals surface area contributed by atoms with Gasteiger partial charge in [-0.15, -0.1) is 0 Å². The minimum Gasteiger partial charge on any atom is -0.478 e. The van der Waals surface area contributed by atoms with Crippen molar-refractivity contribution in [2.24, 2.45) is 0 Å². The zero-order chi connectivity index (χ0) is 14.0. The predicted octanol–water partition coefficient (Wildman–Crippen LogP) is 1.70. The van der Waals surface area contributed by atoms with Crippen molar-refractivity contribution in [2.45, 2.75) is 10.1 Å². The van der Waals surface area contributed by atoms with E-state index in [4.69, 9.17) is 5.11 Å². The van der Waals surface area contributed by atoms with Gasteiger partial charge in [0.2, 0.25) is 0 Å². The average Bonchev–Trinajstić information content (AvgIpc) is 2.83. The number of nitrogens with zero attached hydrogens (tertiary/aromatic N) is 3. The van der Waals surface area contributed by atoms with Crippen LogP contribution < -0.4 is 0 Å². The number of aromatic nitrogens is 3. The van der Waals surface area contributed by atoms with E-state index in [1.807, 2.05) is 0 Å². The third-order valence-corrected chi connectivity index (χ3v) is 3.01. The van der Waals surface area contributed by atoms with Crippen molar-refractivity contribution in [3.63, 3.8) is 0 Å². The quantitative estimate of drug-likeness (QED) is 0.647. The second-order valence-corrected chi connectivity index (χ2v) is 4.29. The first kappa shape index (κ1) is 13.0. The molecular weight excluding hydrogens is 279 g/mol. The van der Waals surface area contributed by atoms with Crippen molar-refractivity contribution in [1.82, 2.24) is 15.2 Å². The molecular formula is C9H5FN4O4S. The van der Waals surface area contributed by atoms with Gasteiger partial charge >= 0.3 is 5.97 Å². The molecule has 1 aromatic heterocycles. The van der Waals surface area contributed by atoms with Gasteiger partial charge in [-0.25, -0.2) is 14.2 Å². The Morgan fingerprint density at radius 3 is 2.79 bits per heavy atom. The lowest BCUT2D eigenvalue weighted by Crippen LogP contribution is -2.03. The lowest BCUT2D eigenvalue weighted by Gasteiger charge is -2.03. The fourth-order valence-corrected chi connectivity index (χ4v) is 2.10. The maximum Gasteiger partial charge on any atom is 0.338 e. The number of carboxylic acid groups (broad SMARTS) is 1. The van der Waals surface area contributed by atoms with Crippen LogP contribution in [0, 0.1) is 15.9 Å². The van der Waals surface area contributed by atoms with E-state index in [0.717, 1.165) is 17.8 Å². The molecule has 0 fully saturated rings. The molecule has 0 radical (unpaired) electrons. The van der Waals surface area contributed by atoms with Gasteiger partial charge in [-0.3, -0.25) is 15.2 Å². The van der Waals surface area contributed by atoms with Crippen LogP contribution in [-0.2, 0) is 0 Å². The van der Waals surface area contributed by atoms with Crippen LogP contribution in [0.2, 0.25) is 0 Å². The summed E-state index contributed by atoms with van der Waals surface area (Å²) in [5.74, 6) is -2.67. The van der Waals surface area contributed by atoms with Crippen LogP contribution in [0.15, 0.2) is 28.5 Å². The molecule has 8 nitrogen and oxygen atoms in total. The Kier molecular flexibility index (Phi) is 3.42. The molecule has 0 aliphatic heterocycles. The van der Waals surface area contributed by atoms with Crippen LogP contribution in [0.25, 0.3) is 0 Å². The fraction of sp³-hybridized carbons (Fsp3) is 0. The highest BCUT2D eigenvalue weighted by molar-refractivity contribution is 7.99. The third-order valence-electron chi connectivity index (χ3n) is 2.08. The van der Waals surface area contributed by atoms with Crippen molar-refractivity contribution < 1.29 is 19.2 Å². The van der Waals surface area contributed by atoms with Gasteiger partial charge in [0.25, 0.3) is 5.69 Å². The highest BCUT2D eigenvalue weighted by Gasteiger charge is 2.22. The van der Waals surface area contributed by atoms with E-state index in [9.17, 15) is 19.3 Å². The standard InChI is InChI=1S/C9H5FN4O4S/c10-5-2-6(14(17)18)7(1-4(5)8(15)16)19-9-11-3-12-13-9/h1-3H,(H,15,16)(H,11,12,13). The first-order chi connectivity index (χ1) is 8.99. The summed E-state index contributed by atoms with van der Waals surface area (Å²) in [5, 5.41) is 25.8. The zero-order valence-corrected chi connectivity index (χ0v) is 9.85. The average molecular weight is 284 g/mol. The molecule has 19 heavy (non-hydrogen) atoms. The topological polar surface area (TPSA) is 122 Å². The molecule has 10 heteroatoms. The molecule has 0 aliphatic carbocycles. The SMILES string of the molecule is O=C(O)c1cc(Sc2ncn[nH]2)c([N+](=O)[O-])cc1F. The van der Waals surface area contributed by atoms with Crippen LogP contribution in [0.1, 0.15) is 10.4 Å². The highest BCUT2D eigenvalue weighted by Crippen LogP contribution is 2.34. The minimum absolute atomic E-state index is 0.0412. The molecule has 1 aromatic carbocycles. The van der Waals surface area contributed by atoms with Crippen LogP contribution in [0.4, 0.5) is 10.1 Å². The van der Waals surface area contributed by atoms with Gasteiger partial charge in [0.15, 0.2) is 5.16 Å². The maximum absolute atomic E-state index is 13.4. The highest BCUT2D eigenvalue weighted by atomic mass is 32.2. The lowest BCUT2D eigenvalue weighted by atomic mass is 10.2. The van der Waals surface area contributed by atoms with Gasteiger partial charge in [0.05, 0.1) is 21.4 Å². The number of hydrogen-bond acceptors (Lipinski definition) is 6. The van der Waals surface area contributed by atoms with Crippen molar-refractivity contribution in [3.05, 3.63) is 40.0 Å². The Balaban J connectivity index is 2.52. The minimum atomic E-state index is -1.51. The van der Waals surface area contributed by atoms with E-state index in [0.29, 0.717) is 6.07 Å². The number of nitro benzene ring substituents is 1. The summed E-state index contributed by atoms with van der Waals surface area (Å²) in [6.45, 7) is 0. The van der Waals surface area contributed by atoms with E-state index >= 15 is 0 Å². The summed E-state index contributed by atoms with van der Waals surface area (Å²) in [6, 6.07) is 1.46. The molecule has 0 aliphatic rings. The first-order valence-electron chi connectivity index (χ1n) is 4.73. The van der Waals surface area contributed by atoms with Gasteiger partial charge in [0.1, 0.15) is 12.1 Å². The summed E-state index contributed by atoms with van der Waals surface area (Å²) >= 11 is 0.789. The van der Waals surface area contributed by atoms with Crippen molar-refractivity contribution in [2.75, 3.05) is 0 Å². The lowest BCUT2D eigenvalue weighted by molar-refractivity contribution is -0.387. The summed E-state index contributed by atoms with van der Waals surface area (Å²) in [5.41, 5.74) is -1.18. The number of rotatable bonds is 4. The number of benzene rings is 1. The Morgan fingerprint density at radius 1 is 1.53 bits per heavy atom. The number of halogens is 1. The largest absolute Gasteiger partial charge is 0.478 e. The zero-order valence-electron chi connectivity index (χ0n) is 9.03. The first-order valence-corrected chi connectivity index (χ1v) is 5.55. The van der Waals surface area contributed by atoms with E-state index in [2.05, 4.69) is 15.2 Å². The Hall–Kier alpha value is -2.49. The number of carboxylic acids is 1. The molecule has 2 aromatic rings. The van der Waals surface area contributed by atoms with Crippen LogP contribution in [0.5, 0.6) is 0 Å². The molecule has 0 saturated heterocycles. The number of H-pyrrole nitrogens is 1. The normalized spacial score (nSPS) is 10.4. The van der Waals surface area contributed by atoms with Crippen molar-refractivity contribution in [1.29, 1.82) is 0 Å². The van der Waals surface area contributed by atoms with E-state index in [1.54, 1.807) is 0 Å². The van der Waals surface area contributed by atoms with Gasteiger partial charge in [0, 0.05) is 0 Å². The number of aromatic carboxylic acids is 1. The molecule has 0 spiro atoms. The Bertz CT molecular complexity index is 646. The smallest absolute Gasteiger partial charge is 0.338 e. The van der Waals surface area contributed by atoms with Gasteiger partial charge in [-0.05, 0) is 17.8 Å². The fourth-order valence-electron chi connectivity index (χ4n) is 1.28. The molecule has 2 N–H and O–H groups in total. The summed E-state index contributed by atoms with van der Waals surface area (Å²) < 4.78 is 13.4. The molecule has 2 rings (SSSR count). The van der Waals surface area contributed by atoms with Crippen molar-refractivity contribution in [3.8, 4) is 0 Å². The van der Waals surface area contributed by atoms with Crippen LogP contribution in [-0.4, -0.2) is 31.2 Å². The van der Waals surface area contributed by atoms with E-state index < -0.39 is 28.0 Å². The second-order valence-electron chi connectivity index (χ2n) is 3.25. The van der Waals surface area contributed by atoms with Gasteiger partial charge in [-0.2, -0.15) is 5.10 Å². The monoisotopic (exact) mass is 284 g/mol. The number of aromatic amines is 1. The Morgan fingerprint density at radius 2 is 2.26 bits per heavy atom. The Labute approximate surface area is 108 Å². The maximum atomic E-state index is 13.4. The number of carbonyl (C=O) groups is 1. The molecule has 1 heterocycles. The van der Waals surface area contributed by atoms with Gasteiger partial charge in [-0.1, -0.05) is 0 Å². The summed E-state index contributed by atoms with van der Waals surface area (Å²) in [6.07, 6.45) is 1.19. The van der Waals surface area contributed by atoms with Crippen molar-refractivity contribution >= 4 is 23.4 Å². The predicted molar refractivity (Wildman–Crippen MR) is 60.5 cm³/mol.